The predicted molar refractivity (Wildman–Crippen MR) is 177 cm³/mol. The van der Waals surface area contributed by atoms with Crippen molar-refractivity contribution in [3.8, 4) is 17.3 Å². The number of nitrogens with one attached hydrogen (secondary N) is 2. The van der Waals surface area contributed by atoms with Crippen molar-refractivity contribution < 1.29 is 43.2 Å². The van der Waals surface area contributed by atoms with Gasteiger partial charge in [-0.15, -0.1) is 33.3 Å². The Hall–Kier alpha value is -5.74. The van der Waals surface area contributed by atoms with Gasteiger partial charge in [-0.1, -0.05) is 16.9 Å². The molecule has 1 fully saturated rings. The number of rotatable bonds is 13. The molecule has 22 heteroatoms. The maximum Gasteiger partial charge on any atom is 0.352 e. The number of aromatic amines is 1. The highest BCUT2D eigenvalue weighted by molar-refractivity contribution is 8.00. The van der Waals surface area contributed by atoms with Crippen molar-refractivity contribution in [2.75, 3.05) is 23.8 Å². The van der Waals surface area contributed by atoms with Crippen LogP contribution in [0.2, 0.25) is 0 Å². The lowest BCUT2D eigenvalue weighted by atomic mass is 10.0. The van der Waals surface area contributed by atoms with E-state index in [0.717, 1.165) is 40.3 Å². The minimum absolute atomic E-state index is 0.0255. The van der Waals surface area contributed by atoms with Gasteiger partial charge in [-0.2, -0.15) is 0 Å². The Morgan fingerprint density at radius 1 is 1.26 bits per heavy atom. The first-order chi connectivity index (χ1) is 24.0. The van der Waals surface area contributed by atoms with Gasteiger partial charge in [0.15, 0.2) is 35.5 Å². The molecule has 0 unspecified atom stereocenters. The maximum absolute atomic E-state index is 13.4. The van der Waals surface area contributed by atoms with Crippen molar-refractivity contribution >= 4 is 69.4 Å². The molecule has 2 aliphatic rings. The zero-order valence-electron chi connectivity index (χ0n) is 25.3. The number of aliphatic carboxylic acids is 1. The van der Waals surface area contributed by atoms with E-state index in [1.54, 1.807) is 17.0 Å². The highest BCUT2D eigenvalue weighted by Crippen LogP contribution is 2.40. The van der Waals surface area contributed by atoms with Crippen LogP contribution in [0.1, 0.15) is 16.1 Å². The molecule has 19 nitrogen and oxygen atoms in total. The summed E-state index contributed by atoms with van der Waals surface area (Å²) in [5, 5.41) is 34.9. The summed E-state index contributed by atoms with van der Waals surface area (Å²) in [6.07, 6.45) is 4.27. The number of nitrogen functional groups attached to an aromatic ring is 1. The second-order valence-corrected chi connectivity index (χ2v) is 13.4. The predicted octanol–water partition coefficient (Wildman–Crippen LogP) is -0.493. The number of thiazole rings is 1. The van der Waals surface area contributed by atoms with Crippen LogP contribution in [0.5, 0.6) is 5.75 Å². The Labute approximate surface area is 292 Å². The lowest BCUT2D eigenvalue weighted by molar-refractivity contribution is -0.689. The molecule has 8 N–H and O–H groups in total. The van der Waals surface area contributed by atoms with Crippen LogP contribution >= 0.6 is 34.9 Å². The van der Waals surface area contributed by atoms with E-state index < -0.39 is 46.3 Å². The molecule has 6 heterocycles. The average Bonchev–Trinajstić information content (AvgIpc) is 3.75. The molecular weight excluding hydrogens is 717 g/mol. The second-order valence-electron chi connectivity index (χ2n) is 10.4. The molecule has 0 radical (unpaired) electrons. The number of carbonyl (C=O) groups is 4. The van der Waals surface area contributed by atoms with E-state index in [-0.39, 0.29) is 63.7 Å². The largest absolute Gasteiger partial charge is 0.503 e. The van der Waals surface area contributed by atoms with Crippen LogP contribution in [0.25, 0.3) is 11.6 Å². The standard InChI is InChI=1S/C28H24N10O9S3/c29-21(41)12-1-3-37(4-2-12)9-13-10-49-25-19(24(43)38(25)20(13)26(44)45)33-22(42)18(15-11-50-27(30)32-15)36-46-5-6-48-28-35-34-23(47-28)14-7-16(39)17(40)8-31-14/h1-4,7-8,11,19,25H,5-6,9-10,29H2,(H5,30,32,33,41,42,44,45)/p+1/b36-18-/t19-,25-/m1/s1. The number of hydrogen-bond donors (Lipinski definition) is 6. The number of aromatic nitrogens is 5. The van der Waals surface area contributed by atoms with Crippen molar-refractivity contribution in [3.63, 3.8) is 0 Å². The van der Waals surface area contributed by atoms with Crippen molar-refractivity contribution in [3.05, 3.63) is 74.9 Å². The third-order valence-corrected chi connectivity index (χ3v) is 9.95. The summed E-state index contributed by atoms with van der Waals surface area (Å²) >= 11 is 3.46. The van der Waals surface area contributed by atoms with Gasteiger partial charge >= 0.3 is 5.97 Å². The molecule has 50 heavy (non-hydrogen) atoms. The summed E-state index contributed by atoms with van der Waals surface area (Å²) in [5.74, 6) is -3.22. The highest BCUT2D eigenvalue weighted by atomic mass is 32.2. The second kappa shape index (κ2) is 14.4. The minimum atomic E-state index is -1.30. The van der Waals surface area contributed by atoms with Gasteiger partial charge in [-0.3, -0.25) is 24.1 Å². The monoisotopic (exact) mass is 741 g/mol. The number of β-lactam (4-membered cyclic amide) rings is 1. The Morgan fingerprint density at radius 3 is 2.72 bits per heavy atom. The molecule has 0 spiro atoms. The molecule has 6 rings (SSSR count). The molecule has 4 aromatic heterocycles. The number of aromatic hydroxyl groups is 1. The van der Waals surface area contributed by atoms with Crippen LogP contribution in [0.3, 0.4) is 0 Å². The summed E-state index contributed by atoms with van der Waals surface area (Å²) in [5.41, 5.74) is 11.1. The topological polar surface area (TPSA) is 286 Å². The van der Waals surface area contributed by atoms with E-state index in [1.807, 2.05) is 0 Å². The number of thioether (sulfide) groups is 2. The summed E-state index contributed by atoms with van der Waals surface area (Å²) in [6, 6.07) is 3.07. The molecule has 0 bridgehead atoms. The number of H-pyrrole nitrogens is 1. The molecular formula is C28H25N10O9S3+. The molecule has 258 valence electrons. The highest BCUT2D eigenvalue weighted by Gasteiger charge is 2.54. The Balaban J connectivity index is 1.09. The number of carboxylic acid groups (broad SMARTS) is 1. The summed E-state index contributed by atoms with van der Waals surface area (Å²) < 4.78 is 7.17. The SMILES string of the molecule is NC(=O)c1cc[n+](CC2=C(C(=O)O)N3C(=O)[C@@H](NC(=O)/C(=N\OCCSc4nnc(-c5cc(=O)c(O)c[nH]5)o4)c4csc(N)n4)[C@H]3SC2)cc1. The lowest BCUT2D eigenvalue weighted by Crippen LogP contribution is -2.71. The van der Waals surface area contributed by atoms with Gasteiger partial charge in [0.05, 0.1) is 5.56 Å². The molecule has 4 aromatic rings. The van der Waals surface area contributed by atoms with Crippen LogP contribution in [-0.2, 0) is 25.8 Å². The van der Waals surface area contributed by atoms with Crippen LogP contribution in [0, 0.1) is 0 Å². The van der Waals surface area contributed by atoms with E-state index in [2.05, 4.69) is 30.6 Å². The third kappa shape index (κ3) is 7.16. The van der Waals surface area contributed by atoms with Gasteiger partial charge in [0, 0.05) is 46.9 Å². The fourth-order valence-corrected chi connectivity index (χ4v) is 7.26. The van der Waals surface area contributed by atoms with Gasteiger partial charge in [-0.25, -0.2) is 14.3 Å². The van der Waals surface area contributed by atoms with Crippen LogP contribution in [-0.4, -0.2) is 94.2 Å². The van der Waals surface area contributed by atoms with Crippen LogP contribution in [0.4, 0.5) is 5.13 Å². The number of carboxylic acids is 1. The van der Waals surface area contributed by atoms with E-state index in [0.29, 0.717) is 11.1 Å². The zero-order valence-corrected chi connectivity index (χ0v) is 27.8. The Morgan fingerprint density at radius 2 is 2.04 bits per heavy atom. The minimum Gasteiger partial charge on any atom is -0.503 e. The normalized spacial score (nSPS) is 17.2. The molecule has 0 saturated carbocycles. The van der Waals surface area contributed by atoms with Gasteiger partial charge in [0.2, 0.25) is 11.3 Å². The third-order valence-electron chi connectivity index (χ3n) is 7.15. The summed E-state index contributed by atoms with van der Waals surface area (Å²) in [6.45, 7) is 0.119. The summed E-state index contributed by atoms with van der Waals surface area (Å²) in [4.78, 5) is 75.3. The molecule has 1 saturated heterocycles. The van der Waals surface area contributed by atoms with Gasteiger partial charge in [0.25, 0.3) is 22.9 Å². The first-order valence-electron chi connectivity index (χ1n) is 14.3. The lowest BCUT2D eigenvalue weighted by Gasteiger charge is -2.49. The van der Waals surface area contributed by atoms with E-state index in [1.165, 1.54) is 29.3 Å². The number of hydrogen-bond acceptors (Lipinski definition) is 16. The van der Waals surface area contributed by atoms with Crippen molar-refractivity contribution in [2.24, 2.45) is 10.9 Å². The smallest absolute Gasteiger partial charge is 0.352 e. The number of nitrogens with zero attached hydrogens (tertiary/aromatic N) is 6. The molecule has 3 amide bonds. The van der Waals surface area contributed by atoms with Crippen LogP contribution in [0.15, 0.2) is 73.0 Å². The first kappa shape index (κ1) is 34.1. The Bertz CT molecular complexity index is 2110. The number of anilines is 1. The molecule has 2 aliphatic heterocycles. The van der Waals surface area contributed by atoms with Gasteiger partial charge in [-0.05, 0) is 0 Å². The zero-order chi connectivity index (χ0) is 35.5. The number of carbonyl (C=O) groups excluding carboxylic acids is 3. The van der Waals surface area contributed by atoms with Gasteiger partial charge < -0.3 is 41.2 Å². The molecule has 0 aliphatic carbocycles. The number of pyridine rings is 2. The van der Waals surface area contributed by atoms with Gasteiger partial charge in [0.1, 0.15) is 35.1 Å². The maximum atomic E-state index is 13.4. The fraction of sp³-hybridized carbons (Fsp3) is 0.214. The van der Waals surface area contributed by atoms with Crippen molar-refractivity contribution in [1.29, 1.82) is 0 Å². The van der Waals surface area contributed by atoms with E-state index >= 15 is 0 Å². The van der Waals surface area contributed by atoms with Crippen molar-refractivity contribution in [1.82, 2.24) is 30.4 Å². The molecule has 0 aromatic carbocycles. The average molecular weight is 742 g/mol. The fourth-order valence-electron chi connectivity index (χ4n) is 4.80. The first-order valence-corrected chi connectivity index (χ1v) is 17.2. The summed E-state index contributed by atoms with van der Waals surface area (Å²) in [7, 11) is 0. The number of oxime groups is 1. The number of nitrogens with two attached hydrogens (primary N) is 2. The van der Waals surface area contributed by atoms with Crippen LogP contribution < -0.4 is 26.8 Å². The Kier molecular flexibility index (Phi) is 9.83. The number of fused-ring (bicyclic) bond motifs is 1. The van der Waals surface area contributed by atoms with E-state index in [9.17, 15) is 34.2 Å². The number of amides is 3. The number of primary amides is 1. The van der Waals surface area contributed by atoms with Crippen molar-refractivity contribution in [2.45, 2.75) is 23.2 Å². The quantitative estimate of drug-likeness (QED) is 0.0252. The van der Waals surface area contributed by atoms with E-state index in [4.69, 9.17) is 20.7 Å². The molecule has 2 atom stereocenters.